The van der Waals surface area contributed by atoms with E-state index in [1.807, 2.05) is 20.8 Å². The first kappa shape index (κ1) is 19.1. The lowest BCUT2D eigenvalue weighted by atomic mass is 9.99. The summed E-state index contributed by atoms with van der Waals surface area (Å²) in [4.78, 5) is 0. The van der Waals surface area contributed by atoms with Gasteiger partial charge in [0.1, 0.15) is 12.2 Å². The van der Waals surface area contributed by atoms with Crippen molar-refractivity contribution in [3.05, 3.63) is 0 Å². The molecule has 0 bridgehead atoms. The van der Waals surface area contributed by atoms with Gasteiger partial charge in [-0.25, -0.2) is 0 Å². The Morgan fingerprint density at radius 1 is 1.29 bits per heavy atom. The highest BCUT2D eigenvalue weighted by Crippen LogP contribution is 2.48. The lowest BCUT2D eigenvalue weighted by Crippen LogP contribution is -2.50. The van der Waals surface area contributed by atoms with Gasteiger partial charge in [-0.3, -0.25) is 9.09 Å². The molecule has 6 nitrogen and oxygen atoms in total. The molecule has 5 atom stereocenters. The monoisotopic (exact) mass is 324 g/mol. The van der Waals surface area contributed by atoms with Crippen molar-refractivity contribution in [2.75, 3.05) is 13.3 Å². The molecule has 0 aliphatic carbocycles. The van der Waals surface area contributed by atoms with Gasteiger partial charge in [-0.1, -0.05) is 0 Å². The molecule has 0 aromatic rings. The van der Waals surface area contributed by atoms with Gasteiger partial charge in [0, 0.05) is 13.1 Å². The van der Waals surface area contributed by atoms with E-state index in [1.165, 1.54) is 6.66 Å². The molecule has 21 heavy (non-hydrogen) atoms. The summed E-state index contributed by atoms with van der Waals surface area (Å²) in [7, 11) is -3.25. The van der Waals surface area contributed by atoms with Crippen LogP contribution in [0, 0.1) is 0 Å². The lowest BCUT2D eigenvalue weighted by molar-refractivity contribution is -0.178. The Balaban J connectivity index is 2.74. The number of aliphatic hydroxyl groups is 1. The fraction of sp³-hybridized carbons (Fsp3) is 1.00. The van der Waals surface area contributed by atoms with E-state index in [9.17, 15) is 9.67 Å². The second-order valence-electron chi connectivity index (χ2n) is 6.17. The van der Waals surface area contributed by atoms with Crippen molar-refractivity contribution in [3.63, 3.8) is 0 Å². The molecular weight excluding hydrogens is 295 g/mol. The van der Waals surface area contributed by atoms with Crippen molar-refractivity contribution in [1.82, 2.24) is 0 Å². The predicted octanol–water partition coefficient (Wildman–Crippen LogP) is 2.58. The number of rotatable bonds is 7. The first-order valence-electron chi connectivity index (χ1n) is 7.50. The molecule has 1 fully saturated rings. The molecule has 5 unspecified atom stereocenters. The first-order chi connectivity index (χ1) is 9.60. The highest BCUT2D eigenvalue weighted by molar-refractivity contribution is 7.53. The highest BCUT2D eigenvalue weighted by Gasteiger charge is 2.41. The van der Waals surface area contributed by atoms with E-state index < -0.39 is 25.9 Å². The Morgan fingerprint density at radius 2 is 1.90 bits per heavy atom. The zero-order valence-electron chi connectivity index (χ0n) is 13.8. The number of hydrogen-bond donors (Lipinski definition) is 1. The quantitative estimate of drug-likeness (QED) is 0.726. The third-order valence-electron chi connectivity index (χ3n) is 3.04. The molecule has 1 aliphatic heterocycles. The number of ether oxygens (including phenoxy) is 2. The molecule has 0 amide bonds. The largest absolute Gasteiger partial charge is 0.390 e. The summed E-state index contributed by atoms with van der Waals surface area (Å²) in [5.74, 6) is 0. The van der Waals surface area contributed by atoms with Crippen molar-refractivity contribution in [2.45, 2.75) is 77.7 Å². The zero-order valence-corrected chi connectivity index (χ0v) is 14.7. The van der Waals surface area contributed by atoms with Gasteiger partial charge in [-0.15, -0.1) is 0 Å². The summed E-state index contributed by atoms with van der Waals surface area (Å²) in [6.45, 7) is 11.0. The molecule has 0 saturated carbocycles. The second-order valence-corrected chi connectivity index (χ2v) is 8.13. The number of aliphatic hydroxyl groups excluding tert-OH is 1. The molecule has 0 radical (unpaired) electrons. The summed E-state index contributed by atoms with van der Waals surface area (Å²) in [5, 5.41) is 10.2. The summed E-state index contributed by atoms with van der Waals surface area (Å²) in [5.41, 5.74) is 0. The van der Waals surface area contributed by atoms with Crippen LogP contribution in [0.3, 0.4) is 0 Å². The van der Waals surface area contributed by atoms with E-state index >= 15 is 0 Å². The van der Waals surface area contributed by atoms with Crippen LogP contribution in [0.4, 0.5) is 0 Å². The maximum Gasteiger partial charge on any atom is 0.328 e. The van der Waals surface area contributed by atoms with Gasteiger partial charge >= 0.3 is 7.60 Å². The first-order valence-corrected chi connectivity index (χ1v) is 9.49. The summed E-state index contributed by atoms with van der Waals surface area (Å²) in [6, 6.07) is 0. The van der Waals surface area contributed by atoms with Gasteiger partial charge in [0.2, 0.25) is 0 Å². The van der Waals surface area contributed by atoms with E-state index in [1.54, 1.807) is 13.8 Å². The summed E-state index contributed by atoms with van der Waals surface area (Å²) < 4.78 is 34.6. The van der Waals surface area contributed by atoms with Crippen molar-refractivity contribution in [3.8, 4) is 0 Å². The minimum atomic E-state index is -3.25. The van der Waals surface area contributed by atoms with Gasteiger partial charge in [-0.05, 0) is 34.6 Å². The van der Waals surface area contributed by atoms with Gasteiger partial charge < -0.3 is 19.1 Å². The molecule has 1 aliphatic rings. The highest BCUT2D eigenvalue weighted by atomic mass is 31.2. The second kappa shape index (κ2) is 8.04. The molecule has 1 heterocycles. The third-order valence-corrected chi connectivity index (χ3v) is 4.47. The van der Waals surface area contributed by atoms with Crippen molar-refractivity contribution in [2.24, 2.45) is 0 Å². The molecule has 7 heteroatoms. The van der Waals surface area contributed by atoms with Gasteiger partial charge in [-0.2, -0.15) is 0 Å². The number of hydrogen-bond acceptors (Lipinski definition) is 6. The average molecular weight is 324 g/mol. The van der Waals surface area contributed by atoms with Gasteiger partial charge in [0.25, 0.3) is 0 Å². The maximum atomic E-state index is 12.4. The van der Waals surface area contributed by atoms with E-state index in [-0.39, 0.29) is 24.9 Å². The van der Waals surface area contributed by atoms with Crippen LogP contribution >= 0.6 is 7.60 Å². The maximum absolute atomic E-state index is 12.4. The van der Waals surface area contributed by atoms with Crippen molar-refractivity contribution >= 4 is 7.60 Å². The van der Waals surface area contributed by atoms with E-state index in [0.29, 0.717) is 6.42 Å². The van der Waals surface area contributed by atoms with Crippen LogP contribution in [0.25, 0.3) is 0 Å². The minimum absolute atomic E-state index is 0.0453. The fourth-order valence-corrected chi connectivity index (χ4v) is 3.88. The Morgan fingerprint density at radius 3 is 2.43 bits per heavy atom. The average Bonchev–Trinajstić information content (AvgIpc) is 2.28. The molecular formula is C14H29O6P. The zero-order chi connectivity index (χ0) is 16.2. The summed E-state index contributed by atoms with van der Waals surface area (Å²) >= 11 is 0. The van der Waals surface area contributed by atoms with E-state index in [2.05, 4.69) is 0 Å². The van der Waals surface area contributed by atoms with E-state index in [0.717, 1.165) is 0 Å². The van der Waals surface area contributed by atoms with Crippen LogP contribution in [0.15, 0.2) is 0 Å². The van der Waals surface area contributed by atoms with Crippen molar-refractivity contribution in [1.29, 1.82) is 0 Å². The van der Waals surface area contributed by atoms with Crippen LogP contribution in [0.2, 0.25) is 0 Å². The fourth-order valence-electron chi connectivity index (χ4n) is 2.34. The van der Waals surface area contributed by atoms with E-state index in [4.69, 9.17) is 18.5 Å². The Kier molecular flexibility index (Phi) is 7.31. The molecule has 0 spiro atoms. The molecule has 1 saturated heterocycles. The topological polar surface area (TPSA) is 74.2 Å². The van der Waals surface area contributed by atoms with Gasteiger partial charge in [0.05, 0.1) is 31.0 Å². The normalized spacial score (nSPS) is 33.4. The molecule has 0 aromatic carbocycles. The molecule has 126 valence electrons. The van der Waals surface area contributed by atoms with Crippen LogP contribution < -0.4 is 0 Å². The van der Waals surface area contributed by atoms with Crippen LogP contribution in [0.1, 0.15) is 41.0 Å². The smallest absolute Gasteiger partial charge is 0.328 e. The van der Waals surface area contributed by atoms with Gasteiger partial charge in [0.15, 0.2) is 0 Å². The van der Waals surface area contributed by atoms with Crippen LogP contribution in [-0.4, -0.2) is 55.0 Å². The standard InChI is InChI=1S/C14H29O6P/c1-9(2)17-8-13-14(12(15)7-11(5)18-13)20-21(6,16)19-10(3)4/h9-15H,7-8H2,1-6H3. The predicted molar refractivity (Wildman–Crippen MR) is 80.7 cm³/mol. The third kappa shape index (κ3) is 6.76. The SMILES string of the molecule is CC(C)OCC1OC(C)CC(O)C1OP(C)(=O)OC(C)C. The Bertz CT molecular complexity index is 359. The minimum Gasteiger partial charge on any atom is -0.390 e. The van der Waals surface area contributed by atoms with Crippen molar-refractivity contribution < 1.29 is 28.2 Å². The van der Waals surface area contributed by atoms with Crippen LogP contribution in [0.5, 0.6) is 0 Å². The Hall–Kier alpha value is 0.0300. The Labute approximate surface area is 127 Å². The van der Waals surface area contributed by atoms with Crippen LogP contribution in [-0.2, 0) is 23.1 Å². The molecule has 1 rings (SSSR count). The molecule has 1 N–H and O–H groups in total. The molecule has 0 aromatic heterocycles. The lowest BCUT2D eigenvalue weighted by Gasteiger charge is -2.39. The summed E-state index contributed by atoms with van der Waals surface area (Å²) in [6.07, 6.45) is -1.76.